The van der Waals surface area contributed by atoms with Crippen LogP contribution >= 0.6 is 24.0 Å². The van der Waals surface area contributed by atoms with Gasteiger partial charge in [0.25, 0.3) is 0 Å². The van der Waals surface area contributed by atoms with Crippen LogP contribution < -0.4 is 10.6 Å². The van der Waals surface area contributed by atoms with E-state index in [2.05, 4.69) is 44.4 Å². The van der Waals surface area contributed by atoms with Crippen LogP contribution in [0, 0.1) is 5.82 Å². The SMILES string of the molecule is CN=C(NCC1CN(C)CCN1C)NC1CCN(Cc2ccc(F)cc2)CC1.I. The predicted molar refractivity (Wildman–Crippen MR) is 129 cm³/mol. The first kappa shape index (κ1) is 24.3. The maximum absolute atomic E-state index is 13.0. The molecule has 0 aliphatic carbocycles. The molecule has 2 saturated heterocycles. The van der Waals surface area contributed by atoms with Gasteiger partial charge in [0.1, 0.15) is 5.82 Å². The Balaban J connectivity index is 0.00000300. The molecular weight excluding hydrogens is 482 g/mol. The van der Waals surface area contributed by atoms with Crippen LogP contribution in [-0.4, -0.2) is 93.2 Å². The Morgan fingerprint density at radius 3 is 2.45 bits per heavy atom. The van der Waals surface area contributed by atoms with Crippen LogP contribution in [0.4, 0.5) is 4.39 Å². The monoisotopic (exact) mass is 518 g/mol. The summed E-state index contributed by atoms with van der Waals surface area (Å²) in [5.74, 6) is 0.732. The molecule has 0 saturated carbocycles. The summed E-state index contributed by atoms with van der Waals surface area (Å²) < 4.78 is 13.0. The Hall–Kier alpha value is -0.970. The van der Waals surface area contributed by atoms with Crippen molar-refractivity contribution in [3.05, 3.63) is 35.6 Å². The number of hydrogen-bond donors (Lipinski definition) is 2. The van der Waals surface area contributed by atoms with Gasteiger partial charge in [0.2, 0.25) is 0 Å². The highest BCUT2D eigenvalue weighted by Gasteiger charge is 2.23. The van der Waals surface area contributed by atoms with E-state index in [9.17, 15) is 4.39 Å². The minimum Gasteiger partial charge on any atom is -0.355 e. The van der Waals surface area contributed by atoms with Gasteiger partial charge >= 0.3 is 0 Å². The molecule has 2 aliphatic heterocycles. The van der Waals surface area contributed by atoms with E-state index in [1.54, 1.807) is 12.1 Å². The maximum Gasteiger partial charge on any atom is 0.191 e. The fourth-order valence-corrected chi connectivity index (χ4v) is 4.01. The van der Waals surface area contributed by atoms with Crippen LogP contribution in [0.15, 0.2) is 29.3 Å². The minimum absolute atomic E-state index is 0. The van der Waals surface area contributed by atoms with Crippen molar-refractivity contribution >= 4 is 29.9 Å². The van der Waals surface area contributed by atoms with Gasteiger partial charge in [-0.3, -0.25) is 14.8 Å². The van der Waals surface area contributed by atoms with Crippen LogP contribution in [0.2, 0.25) is 0 Å². The van der Waals surface area contributed by atoms with Crippen LogP contribution in [-0.2, 0) is 6.54 Å². The molecule has 2 heterocycles. The lowest BCUT2D eigenvalue weighted by Gasteiger charge is -2.38. The van der Waals surface area contributed by atoms with Gasteiger partial charge in [-0.15, -0.1) is 24.0 Å². The molecular formula is C21H36FIN6. The number of guanidine groups is 1. The van der Waals surface area contributed by atoms with E-state index in [1.165, 1.54) is 5.56 Å². The third kappa shape index (κ3) is 7.66. The number of nitrogens with one attached hydrogen (secondary N) is 2. The summed E-state index contributed by atoms with van der Waals surface area (Å²) in [4.78, 5) is 11.7. The molecule has 0 radical (unpaired) electrons. The van der Waals surface area contributed by atoms with Gasteiger partial charge in [-0.1, -0.05) is 12.1 Å². The summed E-state index contributed by atoms with van der Waals surface area (Å²) in [6.45, 7) is 7.22. The van der Waals surface area contributed by atoms with Gasteiger partial charge < -0.3 is 15.5 Å². The molecule has 1 unspecified atom stereocenters. The van der Waals surface area contributed by atoms with Crippen molar-refractivity contribution in [1.82, 2.24) is 25.3 Å². The molecule has 6 nitrogen and oxygen atoms in total. The number of piperidine rings is 1. The number of likely N-dealkylation sites (tertiary alicyclic amines) is 1. The Morgan fingerprint density at radius 2 is 1.79 bits per heavy atom. The number of hydrogen-bond acceptors (Lipinski definition) is 4. The van der Waals surface area contributed by atoms with Crippen LogP contribution in [0.3, 0.4) is 0 Å². The first-order chi connectivity index (χ1) is 13.5. The van der Waals surface area contributed by atoms with E-state index >= 15 is 0 Å². The molecule has 2 N–H and O–H groups in total. The number of rotatable bonds is 5. The number of aliphatic imine (C=N–C) groups is 1. The first-order valence-corrected chi connectivity index (χ1v) is 10.4. The Bertz CT molecular complexity index is 633. The molecule has 8 heteroatoms. The van der Waals surface area contributed by atoms with Crippen LogP contribution in [0.5, 0.6) is 0 Å². The molecule has 2 aliphatic rings. The summed E-state index contributed by atoms with van der Waals surface area (Å²) >= 11 is 0. The second-order valence-corrected chi connectivity index (χ2v) is 8.17. The third-order valence-corrected chi connectivity index (χ3v) is 5.96. The van der Waals surface area contributed by atoms with Gasteiger partial charge in [0, 0.05) is 64.9 Å². The Kier molecular flexibility index (Phi) is 10.1. The fourth-order valence-electron chi connectivity index (χ4n) is 4.01. The van der Waals surface area contributed by atoms with Crippen molar-refractivity contribution in [2.24, 2.45) is 4.99 Å². The number of benzene rings is 1. The molecule has 0 bridgehead atoms. The molecule has 2 fully saturated rings. The highest BCUT2D eigenvalue weighted by molar-refractivity contribution is 14.0. The van der Waals surface area contributed by atoms with E-state index < -0.39 is 0 Å². The second kappa shape index (κ2) is 12.0. The number of piperazine rings is 1. The van der Waals surface area contributed by atoms with E-state index in [0.717, 1.165) is 64.6 Å². The van der Waals surface area contributed by atoms with Gasteiger partial charge in [-0.05, 0) is 44.6 Å². The lowest BCUT2D eigenvalue weighted by molar-refractivity contribution is 0.116. The van der Waals surface area contributed by atoms with Crippen molar-refractivity contribution in [3.8, 4) is 0 Å². The van der Waals surface area contributed by atoms with Gasteiger partial charge in [0.15, 0.2) is 5.96 Å². The second-order valence-electron chi connectivity index (χ2n) is 8.17. The summed E-state index contributed by atoms with van der Waals surface area (Å²) in [7, 11) is 6.23. The third-order valence-electron chi connectivity index (χ3n) is 5.96. The predicted octanol–water partition coefficient (Wildman–Crippen LogP) is 1.82. The van der Waals surface area contributed by atoms with Gasteiger partial charge in [0.05, 0.1) is 0 Å². The molecule has 1 atom stereocenters. The van der Waals surface area contributed by atoms with Crippen molar-refractivity contribution in [3.63, 3.8) is 0 Å². The molecule has 0 spiro atoms. The van der Waals surface area contributed by atoms with Crippen molar-refractivity contribution in [1.29, 1.82) is 0 Å². The number of likely N-dealkylation sites (N-methyl/N-ethyl adjacent to an activating group) is 2. The highest BCUT2D eigenvalue weighted by Crippen LogP contribution is 2.14. The Morgan fingerprint density at radius 1 is 1.10 bits per heavy atom. The first-order valence-electron chi connectivity index (χ1n) is 10.4. The number of halogens is 2. The summed E-state index contributed by atoms with van der Waals surface area (Å²) in [6, 6.07) is 7.80. The fraction of sp³-hybridized carbons (Fsp3) is 0.667. The smallest absolute Gasteiger partial charge is 0.191 e. The number of nitrogens with zero attached hydrogens (tertiary/aromatic N) is 4. The lowest BCUT2D eigenvalue weighted by Crippen LogP contribution is -2.56. The van der Waals surface area contributed by atoms with E-state index in [-0.39, 0.29) is 29.8 Å². The summed E-state index contributed by atoms with van der Waals surface area (Å²) in [5.41, 5.74) is 1.17. The normalized spacial score (nSPS) is 22.9. The lowest BCUT2D eigenvalue weighted by atomic mass is 10.0. The average Bonchev–Trinajstić information content (AvgIpc) is 2.70. The molecule has 1 aromatic carbocycles. The van der Waals surface area contributed by atoms with E-state index in [0.29, 0.717) is 12.1 Å². The van der Waals surface area contributed by atoms with Crippen molar-refractivity contribution in [2.75, 3.05) is 60.4 Å². The zero-order valence-electron chi connectivity index (χ0n) is 17.9. The van der Waals surface area contributed by atoms with Gasteiger partial charge in [-0.2, -0.15) is 0 Å². The standard InChI is InChI=1S/C21H35FN6.HI/c1-23-21(24-14-20-16-26(2)12-13-27(20)3)25-19-8-10-28(11-9-19)15-17-4-6-18(22)7-5-17;/h4-7,19-20H,8-16H2,1-3H3,(H2,23,24,25);1H. The molecule has 3 rings (SSSR count). The average molecular weight is 518 g/mol. The zero-order chi connectivity index (χ0) is 19.9. The minimum atomic E-state index is -0.170. The molecule has 1 aromatic rings. The van der Waals surface area contributed by atoms with Crippen LogP contribution in [0.1, 0.15) is 18.4 Å². The summed E-state index contributed by atoms with van der Waals surface area (Å²) in [6.07, 6.45) is 2.18. The quantitative estimate of drug-likeness (QED) is 0.354. The Labute approximate surface area is 191 Å². The molecule has 0 amide bonds. The molecule has 164 valence electrons. The molecule has 29 heavy (non-hydrogen) atoms. The topological polar surface area (TPSA) is 46.1 Å². The van der Waals surface area contributed by atoms with Crippen molar-refractivity contribution in [2.45, 2.75) is 31.5 Å². The maximum atomic E-state index is 13.0. The van der Waals surface area contributed by atoms with Gasteiger partial charge in [-0.25, -0.2) is 4.39 Å². The van der Waals surface area contributed by atoms with Crippen molar-refractivity contribution < 1.29 is 4.39 Å². The largest absolute Gasteiger partial charge is 0.355 e. The van der Waals surface area contributed by atoms with Crippen LogP contribution in [0.25, 0.3) is 0 Å². The zero-order valence-corrected chi connectivity index (χ0v) is 20.2. The molecule has 0 aromatic heterocycles. The van der Waals surface area contributed by atoms with E-state index in [1.807, 2.05) is 19.2 Å². The summed E-state index contributed by atoms with van der Waals surface area (Å²) in [5, 5.41) is 7.11. The van der Waals surface area contributed by atoms with E-state index in [4.69, 9.17) is 0 Å². The highest BCUT2D eigenvalue weighted by atomic mass is 127.